The van der Waals surface area contributed by atoms with Crippen LogP contribution in [0.4, 0.5) is 0 Å². The van der Waals surface area contributed by atoms with E-state index in [4.69, 9.17) is 0 Å². The quantitative estimate of drug-likeness (QED) is 0.521. The zero-order valence-electron chi connectivity index (χ0n) is 7.10. The van der Waals surface area contributed by atoms with Crippen LogP contribution in [-0.2, 0) is 4.79 Å². The van der Waals surface area contributed by atoms with Gasteiger partial charge in [0.1, 0.15) is 6.29 Å². The van der Waals surface area contributed by atoms with Crippen LogP contribution < -0.4 is 0 Å². The Labute approximate surface area is 63.8 Å². The van der Waals surface area contributed by atoms with Gasteiger partial charge in [-0.25, -0.2) is 0 Å². The topological polar surface area (TPSA) is 17.1 Å². The van der Waals surface area contributed by atoms with Crippen molar-refractivity contribution in [3.8, 4) is 0 Å². The average Bonchev–Trinajstić information content (AvgIpc) is 1.98. The van der Waals surface area contributed by atoms with Crippen LogP contribution in [0, 0.1) is 5.92 Å². The Kier molecular flexibility index (Phi) is 6.56. The molecule has 0 aliphatic carbocycles. The average molecular weight is 142 g/mol. The molecule has 0 saturated heterocycles. The zero-order valence-corrected chi connectivity index (χ0v) is 7.10. The zero-order chi connectivity index (χ0) is 7.82. The van der Waals surface area contributed by atoms with Gasteiger partial charge in [-0.2, -0.15) is 0 Å². The van der Waals surface area contributed by atoms with Gasteiger partial charge in [0, 0.05) is 6.42 Å². The van der Waals surface area contributed by atoms with Crippen LogP contribution in [0.15, 0.2) is 0 Å². The Hall–Kier alpha value is -0.330. The first-order valence-electron chi connectivity index (χ1n) is 4.28. The Morgan fingerprint density at radius 1 is 1.30 bits per heavy atom. The van der Waals surface area contributed by atoms with Crippen molar-refractivity contribution in [3.05, 3.63) is 0 Å². The molecule has 0 aromatic heterocycles. The van der Waals surface area contributed by atoms with Gasteiger partial charge in [-0.05, 0) is 12.3 Å². The first-order chi connectivity index (χ1) is 4.85. The molecule has 0 fully saturated rings. The van der Waals surface area contributed by atoms with E-state index in [-0.39, 0.29) is 0 Å². The first kappa shape index (κ1) is 9.67. The van der Waals surface area contributed by atoms with Crippen molar-refractivity contribution in [2.45, 2.75) is 46.0 Å². The van der Waals surface area contributed by atoms with Crippen LogP contribution in [0.2, 0.25) is 0 Å². The summed E-state index contributed by atoms with van der Waals surface area (Å²) in [4.78, 5) is 10.0. The van der Waals surface area contributed by atoms with Crippen molar-refractivity contribution >= 4 is 6.29 Å². The van der Waals surface area contributed by atoms with E-state index in [1.807, 2.05) is 0 Å². The maximum Gasteiger partial charge on any atom is 0.120 e. The summed E-state index contributed by atoms with van der Waals surface area (Å²) in [6, 6.07) is 0. The fourth-order valence-corrected chi connectivity index (χ4v) is 1.26. The lowest BCUT2D eigenvalue weighted by molar-refractivity contribution is -0.108. The molecule has 1 heteroatoms. The highest BCUT2D eigenvalue weighted by molar-refractivity contribution is 5.49. The van der Waals surface area contributed by atoms with Crippen molar-refractivity contribution in [3.63, 3.8) is 0 Å². The monoisotopic (exact) mass is 142 g/mol. The minimum absolute atomic E-state index is 0.749. The molecule has 1 unspecified atom stereocenters. The molecule has 0 amide bonds. The third-order valence-electron chi connectivity index (χ3n) is 1.97. The van der Waals surface area contributed by atoms with Crippen LogP contribution >= 0.6 is 0 Å². The van der Waals surface area contributed by atoms with Crippen molar-refractivity contribution in [1.29, 1.82) is 0 Å². The predicted molar refractivity (Wildman–Crippen MR) is 44.0 cm³/mol. The molecule has 0 aromatic rings. The summed E-state index contributed by atoms with van der Waals surface area (Å²) < 4.78 is 0. The molecule has 0 spiro atoms. The van der Waals surface area contributed by atoms with E-state index in [1.54, 1.807) is 0 Å². The lowest BCUT2D eigenvalue weighted by Gasteiger charge is -2.10. The number of carbonyl (C=O) groups excluding carboxylic acids is 1. The van der Waals surface area contributed by atoms with Gasteiger partial charge in [0.25, 0.3) is 0 Å². The van der Waals surface area contributed by atoms with E-state index in [0.717, 1.165) is 25.0 Å². The summed E-state index contributed by atoms with van der Waals surface area (Å²) in [5.74, 6) is 0.787. The summed E-state index contributed by atoms with van der Waals surface area (Å²) in [6.07, 6.45) is 6.62. The highest BCUT2D eigenvalue weighted by Gasteiger charge is 2.02. The summed E-state index contributed by atoms with van der Waals surface area (Å²) in [5.41, 5.74) is 0. The van der Waals surface area contributed by atoms with Crippen LogP contribution in [-0.4, -0.2) is 6.29 Å². The van der Waals surface area contributed by atoms with Gasteiger partial charge < -0.3 is 4.79 Å². The summed E-state index contributed by atoms with van der Waals surface area (Å²) >= 11 is 0. The Morgan fingerprint density at radius 3 is 2.40 bits per heavy atom. The van der Waals surface area contributed by atoms with Crippen LogP contribution in [0.25, 0.3) is 0 Å². The molecule has 1 atom stereocenters. The second kappa shape index (κ2) is 6.79. The lowest BCUT2D eigenvalue weighted by Crippen LogP contribution is -1.97. The Bertz CT molecular complexity index is 78.8. The molecule has 0 N–H and O–H groups in total. The number of rotatable bonds is 6. The SMILES string of the molecule is CCCC(CC)CCC=O. The molecule has 0 aliphatic heterocycles. The predicted octanol–water partition coefficient (Wildman–Crippen LogP) is 2.79. The number of hydrogen-bond donors (Lipinski definition) is 0. The van der Waals surface area contributed by atoms with E-state index in [0.29, 0.717) is 0 Å². The van der Waals surface area contributed by atoms with Gasteiger partial charge in [0.15, 0.2) is 0 Å². The van der Waals surface area contributed by atoms with Gasteiger partial charge in [-0.1, -0.05) is 33.1 Å². The normalized spacial score (nSPS) is 13.0. The minimum Gasteiger partial charge on any atom is -0.303 e. The lowest BCUT2D eigenvalue weighted by atomic mass is 9.96. The van der Waals surface area contributed by atoms with Crippen molar-refractivity contribution in [2.24, 2.45) is 5.92 Å². The van der Waals surface area contributed by atoms with Crippen LogP contribution in [0.3, 0.4) is 0 Å². The third kappa shape index (κ3) is 4.54. The molecule has 0 radical (unpaired) electrons. The van der Waals surface area contributed by atoms with Gasteiger partial charge in [-0.15, -0.1) is 0 Å². The number of carbonyl (C=O) groups is 1. The fourth-order valence-electron chi connectivity index (χ4n) is 1.26. The van der Waals surface area contributed by atoms with Gasteiger partial charge in [-0.3, -0.25) is 0 Å². The molecule has 0 rings (SSSR count). The molecular formula is C9H18O. The fraction of sp³-hybridized carbons (Fsp3) is 0.889. The van der Waals surface area contributed by atoms with Crippen LogP contribution in [0.5, 0.6) is 0 Å². The van der Waals surface area contributed by atoms with Gasteiger partial charge in [0.2, 0.25) is 0 Å². The molecule has 10 heavy (non-hydrogen) atoms. The molecular weight excluding hydrogens is 124 g/mol. The standard InChI is InChI=1S/C9H18O/c1-3-6-9(4-2)7-5-8-10/h8-9H,3-7H2,1-2H3. The molecule has 1 nitrogen and oxygen atoms in total. The second-order valence-corrected chi connectivity index (χ2v) is 2.81. The minimum atomic E-state index is 0.749. The smallest absolute Gasteiger partial charge is 0.120 e. The third-order valence-corrected chi connectivity index (χ3v) is 1.97. The summed E-state index contributed by atoms with van der Waals surface area (Å²) in [7, 11) is 0. The first-order valence-corrected chi connectivity index (χ1v) is 4.28. The highest BCUT2D eigenvalue weighted by Crippen LogP contribution is 2.15. The molecule has 60 valence electrons. The largest absolute Gasteiger partial charge is 0.303 e. The number of hydrogen-bond acceptors (Lipinski definition) is 1. The van der Waals surface area contributed by atoms with E-state index < -0.39 is 0 Å². The molecule has 0 aliphatic rings. The van der Waals surface area contributed by atoms with Crippen LogP contribution in [0.1, 0.15) is 46.0 Å². The van der Waals surface area contributed by atoms with E-state index in [1.165, 1.54) is 19.3 Å². The maximum atomic E-state index is 10.0. The highest BCUT2D eigenvalue weighted by atomic mass is 16.1. The summed E-state index contributed by atoms with van der Waals surface area (Å²) in [5, 5.41) is 0. The van der Waals surface area contributed by atoms with Crippen molar-refractivity contribution in [2.75, 3.05) is 0 Å². The van der Waals surface area contributed by atoms with Crippen molar-refractivity contribution < 1.29 is 4.79 Å². The van der Waals surface area contributed by atoms with Crippen molar-refractivity contribution in [1.82, 2.24) is 0 Å². The molecule has 0 aromatic carbocycles. The van der Waals surface area contributed by atoms with Gasteiger partial charge in [0.05, 0.1) is 0 Å². The van der Waals surface area contributed by atoms with E-state index >= 15 is 0 Å². The second-order valence-electron chi connectivity index (χ2n) is 2.81. The molecule has 0 saturated carbocycles. The summed E-state index contributed by atoms with van der Waals surface area (Å²) in [6.45, 7) is 4.40. The van der Waals surface area contributed by atoms with E-state index in [2.05, 4.69) is 13.8 Å². The maximum absolute atomic E-state index is 10.0. The Morgan fingerprint density at radius 2 is 2.00 bits per heavy atom. The molecule has 0 heterocycles. The molecule has 0 bridgehead atoms. The van der Waals surface area contributed by atoms with E-state index in [9.17, 15) is 4.79 Å². The van der Waals surface area contributed by atoms with Gasteiger partial charge >= 0.3 is 0 Å². The number of aldehydes is 1. The Balaban J connectivity index is 3.29.